The molecule has 0 aromatic carbocycles. The van der Waals surface area contributed by atoms with Gasteiger partial charge in [-0.3, -0.25) is 0 Å². The summed E-state index contributed by atoms with van der Waals surface area (Å²) in [5.41, 5.74) is 0. The van der Waals surface area contributed by atoms with E-state index in [0.717, 1.165) is 0 Å². The second kappa shape index (κ2) is 14.9. The van der Waals surface area contributed by atoms with Crippen LogP contribution in [0.1, 0.15) is 53.4 Å². The molecule has 0 bridgehead atoms. The first kappa shape index (κ1) is 18.3. The van der Waals surface area contributed by atoms with E-state index in [0.29, 0.717) is 0 Å². The third kappa shape index (κ3) is 12.0. The molecule has 0 atom stereocenters. The first-order valence-corrected chi connectivity index (χ1v) is 7.16. The molecule has 1 saturated heterocycles. The summed E-state index contributed by atoms with van der Waals surface area (Å²) >= 11 is 0. The summed E-state index contributed by atoms with van der Waals surface area (Å²) in [5, 5.41) is 0. The van der Waals surface area contributed by atoms with Crippen molar-refractivity contribution < 1.29 is 0 Å². The molecule has 0 amide bonds. The molecule has 2 nitrogen and oxygen atoms in total. The summed E-state index contributed by atoms with van der Waals surface area (Å²) in [6, 6.07) is 0. The molecule has 1 heterocycles. The van der Waals surface area contributed by atoms with Crippen LogP contribution in [0, 0.1) is 0 Å². The van der Waals surface area contributed by atoms with Crippen LogP contribution in [0.3, 0.4) is 0 Å². The lowest BCUT2D eigenvalue weighted by Gasteiger charge is -2.26. The lowest BCUT2D eigenvalue weighted by molar-refractivity contribution is 0.217. The maximum atomic E-state index is 2.60. The van der Waals surface area contributed by atoms with Crippen molar-refractivity contribution in [2.24, 2.45) is 0 Å². The van der Waals surface area contributed by atoms with E-state index in [1.807, 2.05) is 27.7 Å². The smallest absolute Gasteiger partial charge is 0.000655 e. The zero-order valence-corrected chi connectivity index (χ0v) is 12.6. The maximum Gasteiger partial charge on any atom is -0.000655 e. The van der Waals surface area contributed by atoms with Crippen molar-refractivity contribution in [3.8, 4) is 0 Å². The highest BCUT2D eigenvalue weighted by Crippen LogP contribution is 2.08. The third-order valence-electron chi connectivity index (χ3n) is 2.53. The van der Waals surface area contributed by atoms with Crippen molar-refractivity contribution >= 4 is 0 Å². The van der Waals surface area contributed by atoms with Gasteiger partial charge in [-0.05, 0) is 59.5 Å². The summed E-state index contributed by atoms with van der Waals surface area (Å²) in [6.07, 6.45) is 5.61. The minimum absolute atomic E-state index is 1.23. The summed E-state index contributed by atoms with van der Waals surface area (Å²) in [4.78, 5) is 4.87. The molecule has 16 heavy (non-hydrogen) atoms. The van der Waals surface area contributed by atoms with Crippen LogP contribution in [-0.2, 0) is 0 Å². The Hall–Kier alpha value is -0.0800. The van der Waals surface area contributed by atoms with Crippen LogP contribution in [0.5, 0.6) is 0 Å². The molecule has 1 rings (SSSR count). The largest absolute Gasteiger partial charge is 0.309 e. The van der Waals surface area contributed by atoms with Crippen molar-refractivity contribution in [3.05, 3.63) is 0 Å². The highest BCUT2D eigenvalue weighted by Gasteiger charge is 2.08. The van der Waals surface area contributed by atoms with Gasteiger partial charge in [0.15, 0.2) is 0 Å². The van der Waals surface area contributed by atoms with Crippen LogP contribution in [-0.4, -0.2) is 50.1 Å². The fraction of sp³-hybridized carbons (Fsp3) is 1.00. The van der Waals surface area contributed by atoms with Gasteiger partial charge in [-0.25, -0.2) is 0 Å². The molecule has 0 aliphatic carbocycles. The van der Waals surface area contributed by atoms with Crippen molar-refractivity contribution in [3.63, 3.8) is 0 Å². The number of nitrogens with zero attached hydrogens (tertiary/aromatic N) is 2. The predicted octanol–water partition coefficient (Wildman–Crippen LogP) is 3.48. The third-order valence-corrected chi connectivity index (χ3v) is 2.53. The highest BCUT2D eigenvalue weighted by molar-refractivity contribution is 4.64. The molecular weight excluding hydrogens is 196 g/mol. The van der Waals surface area contributed by atoms with Gasteiger partial charge in [0.1, 0.15) is 0 Å². The monoisotopic (exact) mass is 230 g/mol. The zero-order valence-electron chi connectivity index (χ0n) is 12.6. The van der Waals surface area contributed by atoms with Gasteiger partial charge in [-0.1, -0.05) is 34.1 Å². The summed E-state index contributed by atoms with van der Waals surface area (Å²) in [5.74, 6) is 0. The maximum absolute atomic E-state index is 2.60. The Balaban J connectivity index is 0. The first-order valence-electron chi connectivity index (χ1n) is 7.16. The Morgan fingerprint density at radius 3 is 1.81 bits per heavy atom. The molecule has 0 spiro atoms. The minimum atomic E-state index is 1.23. The minimum Gasteiger partial charge on any atom is -0.309 e. The van der Waals surface area contributed by atoms with E-state index in [1.165, 1.54) is 51.9 Å². The Bertz CT molecular complexity index is 107. The molecule has 1 aliphatic heterocycles. The van der Waals surface area contributed by atoms with Gasteiger partial charge < -0.3 is 9.80 Å². The quantitative estimate of drug-likeness (QED) is 0.729. The van der Waals surface area contributed by atoms with Crippen LogP contribution in [0.2, 0.25) is 0 Å². The lowest BCUT2D eigenvalue weighted by atomic mass is 10.1. The Kier molecular flexibility index (Phi) is 17.1. The van der Waals surface area contributed by atoms with Gasteiger partial charge in [0.05, 0.1) is 0 Å². The summed E-state index contributed by atoms with van der Waals surface area (Å²) < 4.78 is 0. The van der Waals surface area contributed by atoms with E-state index in [4.69, 9.17) is 0 Å². The number of likely N-dealkylation sites (tertiary alicyclic amines) is 1. The van der Waals surface area contributed by atoms with Crippen LogP contribution in [0.15, 0.2) is 0 Å². The van der Waals surface area contributed by atoms with Crippen molar-refractivity contribution in [2.45, 2.75) is 53.4 Å². The average Bonchev–Trinajstić information content (AvgIpc) is 2.35. The standard InChI is InChI=1S/C10H22N2.2C2H6/c1-11(2)7-6-10-12-8-4-3-5-9-12;2*1-2/h3-10H2,1-2H3;2*1-2H3. The number of hydrogen-bond acceptors (Lipinski definition) is 2. The molecule has 1 fully saturated rings. The van der Waals surface area contributed by atoms with Gasteiger partial charge in [0.25, 0.3) is 0 Å². The number of hydrogen-bond donors (Lipinski definition) is 0. The van der Waals surface area contributed by atoms with Crippen molar-refractivity contribution in [1.29, 1.82) is 0 Å². The topological polar surface area (TPSA) is 6.48 Å². The van der Waals surface area contributed by atoms with Gasteiger partial charge in [-0.2, -0.15) is 0 Å². The van der Waals surface area contributed by atoms with E-state index >= 15 is 0 Å². The van der Waals surface area contributed by atoms with E-state index in [1.54, 1.807) is 0 Å². The van der Waals surface area contributed by atoms with Gasteiger partial charge in [0, 0.05) is 0 Å². The molecule has 0 radical (unpaired) electrons. The van der Waals surface area contributed by atoms with E-state index in [9.17, 15) is 0 Å². The van der Waals surface area contributed by atoms with Crippen LogP contribution in [0.25, 0.3) is 0 Å². The number of rotatable bonds is 4. The normalized spacial score (nSPS) is 15.9. The summed E-state index contributed by atoms with van der Waals surface area (Å²) in [6.45, 7) is 13.2. The molecule has 0 aromatic heterocycles. The Morgan fingerprint density at radius 2 is 1.38 bits per heavy atom. The molecular formula is C14H34N2. The molecule has 100 valence electrons. The van der Waals surface area contributed by atoms with Crippen LogP contribution in [0.4, 0.5) is 0 Å². The molecule has 0 N–H and O–H groups in total. The predicted molar refractivity (Wildman–Crippen MR) is 76.2 cm³/mol. The number of piperidine rings is 1. The summed E-state index contributed by atoms with van der Waals surface area (Å²) in [7, 11) is 4.30. The van der Waals surface area contributed by atoms with E-state index in [2.05, 4.69) is 23.9 Å². The fourth-order valence-electron chi connectivity index (χ4n) is 1.79. The Morgan fingerprint density at radius 1 is 0.875 bits per heavy atom. The molecule has 0 saturated carbocycles. The van der Waals surface area contributed by atoms with Crippen molar-refractivity contribution in [2.75, 3.05) is 40.3 Å². The molecule has 2 heteroatoms. The SMILES string of the molecule is CC.CC.CN(C)CCCN1CCCCC1. The zero-order chi connectivity index (χ0) is 12.8. The fourth-order valence-corrected chi connectivity index (χ4v) is 1.79. The molecule has 1 aliphatic rings. The highest BCUT2D eigenvalue weighted by atomic mass is 15.1. The van der Waals surface area contributed by atoms with Crippen LogP contribution < -0.4 is 0 Å². The lowest BCUT2D eigenvalue weighted by Crippen LogP contribution is -2.32. The second-order valence-corrected chi connectivity index (χ2v) is 4.06. The Labute approximate surface area is 104 Å². The van der Waals surface area contributed by atoms with Gasteiger partial charge in [0.2, 0.25) is 0 Å². The van der Waals surface area contributed by atoms with Crippen molar-refractivity contribution in [1.82, 2.24) is 9.80 Å². The van der Waals surface area contributed by atoms with E-state index < -0.39 is 0 Å². The van der Waals surface area contributed by atoms with E-state index in [-0.39, 0.29) is 0 Å². The second-order valence-electron chi connectivity index (χ2n) is 4.06. The molecule has 0 unspecified atom stereocenters. The van der Waals surface area contributed by atoms with Crippen LogP contribution >= 0.6 is 0 Å². The molecule has 0 aromatic rings. The van der Waals surface area contributed by atoms with Gasteiger partial charge in [-0.15, -0.1) is 0 Å². The average molecular weight is 230 g/mol. The first-order chi connectivity index (χ1) is 7.79. The van der Waals surface area contributed by atoms with Gasteiger partial charge >= 0.3 is 0 Å².